The Labute approximate surface area is 176 Å². The molecule has 0 radical (unpaired) electrons. The number of carbonyl (C=O) groups is 1. The minimum atomic E-state index is -0.240. The van der Waals surface area contributed by atoms with Gasteiger partial charge in [-0.25, -0.2) is 4.79 Å². The van der Waals surface area contributed by atoms with Crippen molar-refractivity contribution in [2.75, 3.05) is 31.5 Å². The lowest BCUT2D eigenvalue weighted by molar-refractivity contribution is 0.126. The Morgan fingerprint density at radius 1 is 0.767 bits per heavy atom. The minimum absolute atomic E-state index is 0.0938. The quantitative estimate of drug-likeness (QED) is 0.615. The molecule has 0 spiro atoms. The van der Waals surface area contributed by atoms with Crippen LogP contribution in [0.3, 0.4) is 0 Å². The average Bonchev–Trinajstić information content (AvgIpc) is 2.75. The summed E-state index contributed by atoms with van der Waals surface area (Å²) in [6.07, 6.45) is 0. The highest BCUT2D eigenvalue weighted by Crippen LogP contribution is 2.30. The molecule has 0 unspecified atom stereocenters. The van der Waals surface area contributed by atoms with Gasteiger partial charge in [0.05, 0.1) is 6.04 Å². The first-order chi connectivity index (χ1) is 14.6. The third kappa shape index (κ3) is 4.55. The lowest BCUT2D eigenvalue weighted by atomic mass is 9.96. The molecule has 3 aromatic rings. The van der Waals surface area contributed by atoms with Crippen LogP contribution in [0, 0.1) is 0 Å². The van der Waals surface area contributed by atoms with Crippen molar-refractivity contribution in [3.8, 4) is 11.5 Å². The molecular formula is C24H25N3O3. The molecule has 1 aliphatic heterocycles. The summed E-state index contributed by atoms with van der Waals surface area (Å²) in [4.78, 5) is 16.8. The largest absolute Gasteiger partial charge is 0.508 e. The number of benzene rings is 3. The van der Waals surface area contributed by atoms with Crippen LogP contribution in [0.25, 0.3) is 0 Å². The third-order valence-electron chi connectivity index (χ3n) is 5.35. The number of hydrogen-bond acceptors (Lipinski definition) is 4. The Morgan fingerprint density at radius 2 is 1.27 bits per heavy atom. The van der Waals surface area contributed by atoms with Gasteiger partial charge in [-0.15, -0.1) is 0 Å². The number of piperazine rings is 1. The van der Waals surface area contributed by atoms with Gasteiger partial charge in [0, 0.05) is 50.1 Å². The molecule has 1 saturated heterocycles. The first-order valence-corrected chi connectivity index (χ1v) is 10.0. The normalized spacial score (nSPS) is 14.6. The number of urea groups is 1. The van der Waals surface area contributed by atoms with E-state index in [1.165, 1.54) is 29.3 Å². The van der Waals surface area contributed by atoms with Crippen molar-refractivity contribution in [2.45, 2.75) is 6.04 Å². The number of carbonyl (C=O) groups excluding carboxylic acids is 1. The third-order valence-corrected chi connectivity index (χ3v) is 5.35. The Morgan fingerprint density at radius 3 is 1.77 bits per heavy atom. The van der Waals surface area contributed by atoms with Gasteiger partial charge in [0.2, 0.25) is 0 Å². The summed E-state index contributed by atoms with van der Waals surface area (Å²) >= 11 is 0. The minimum Gasteiger partial charge on any atom is -0.508 e. The molecule has 0 aliphatic carbocycles. The fourth-order valence-electron chi connectivity index (χ4n) is 3.94. The van der Waals surface area contributed by atoms with E-state index in [0.29, 0.717) is 18.8 Å². The second kappa shape index (κ2) is 8.88. The molecule has 6 heteroatoms. The van der Waals surface area contributed by atoms with Crippen molar-refractivity contribution in [1.29, 1.82) is 0 Å². The maximum Gasteiger partial charge on any atom is 0.321 e. The number of phenols is 2. The van der Waals surface area contributed by atoms with Gasteiger partial charge in [-0.3, -0.25) is 4.90 Å². The first kappa shape index (κ1) is 19.8. The molecule has 1 heterocycles. The van der Waals surface area contributed by atoms with Crippen molar-refractivity contribution in [3.63, 3.8) is 0 Å². The second-order valence-corrected chi connectivity index (χ2v) is 7.42. The van der Waals surface area contributed by atoms with Crippen LogP contribution in [0.5, 0.6) is 11.5 Å². The summed E-state index contributed by atoms with van der Waals surface area (Å²) in [5.74, 6) is -0.188. The highest BCUT2D eigenvalue weighted by Gasteiger charge is 2.28. The molecule has 3 aromatic carbocycles. The zero-order chi connectivity index (χ0) is 20.9. The van der Waals surface area contributed by atoms with E-state index in [0.717, 1.165) is 13.1 Å². The van der Waals surface area contributed by atoms with E-state index in [9.17, 15) is 15.0 Å². The van der Waals surface area contributed by atoms with Gasteiger partial charge >= 0.3 is 6.03 Å². The van der Waals surface area contributed by atoms with E-state index in [1.54, 1.807) is 4.90 Å². The lowest BCUT2D eigenvalue weighted by Crippen LogP contribution is -2.51. The number of nitrogens with one attached hydrogen (secondary N) is 1. The SMILES string of the molecule is O=C(Nc1cc(O)cc(O)c1)N1CCN(C(c2ccccc2)c2ccccc2)CC1. The number of anilines is 1. The molecule has 4 rings (SSSR count). The van der Waals surface area contributed by atoms with Crippen LogP contribution in [0.2, 0.25) is 0 Å². The van der Waals surface area contributed by atoms with E-state index < -0.39 is 0 Å². The number of aromatic hydroxyl groups is 2. The van der Waals surface area contributed by atoms with Crippen molar-refractivity contribution >= 4 is 11.7 Å². The van der Waals surface area contributed by atoms with Crippen LogP contribution < -0.4 is 5.32 Å². The van der Waals surface area contributed by atoms with Crippen LogP contribution in [-0.2, 0) is 0 Å². The van der Waals surface area contributed by atoms with Gasteiger partial charge < -0.3 is 20.4 Å². The molecule has 0 bridgehead atoms. The summed E-state index contributed by atoms with van der Waals surface area (Å²) in [6.45, 7) is 2.67. The fourth-order valence-corrected chi connectivity index (χ4v) is 3.94. The Bertz CT molecular complexity index is 927. The fraction of sp³-hybridized carbons (Fsp3) is 0.208. The number of hydrogen-bond donors (Lipinski definition) is 3. The molecule has 2 amide bonds. The zero-order valence-electron chi connectivity index (χ0n) is 16.6. The van der Waals surface area contributed by atoms with Gasteiger partial charge in [-0.1, -0.05) is 60.7 Å². The van der Waals surface area contributed by atoms with Gasteiger partial charge in [-0.05, 0) is 11.1 Å². The molecule has 0 atom stereocenters. The standard InChI is InChI=1S/C24H25N3O3/c28-21-15-20(16-22(29)17-21)25-24(30)27-13-11-26(12-14-27)23(18-7-3-1-4-8-18)19-9-5-2-6-10-19/h1-10,15-17,23,28-29H,11-14H2,(H,25,30). The van der Waals surface area contributed by atoms with Gasteiger partial charge in [0.15, 0.2) is 0 Å². The van der Waals surface area contributed by atoms with E-state index in [1.807, 2.05) is 12.1 Å². The van der Waals surface area contributed by atoms with Crippen molar-refractivity contribution in [1.82, 2.24) is 9.80 Å². The number of rotatable bonds is 4. The molecule has 154 valence electrons. The highest BCUT2D eigenvalue weighted by molar-refractivity contribution is 5.89. The zero-order valence-corrected chi connectivity index (χ0v) is 16.6. The molecule has 30 heavy (non-hydrogen) atoms. The lowest BCUT2D eigenvalue weighted by Gasteiger charge is -2.39. The smallest absolute Gasteiger partial charge is 0.321 e. The molecule has 0 saturated carbocycles. The van der Waals surface area contributed by atoms with E-state index in [4.69, 9.17) is 0 Å². The molecule has 1 aliphatic rings. The molecule has 0 aromatic heterocycles. The maximum absolute atomic E-state index is 12.6. The van der Waals surface area contributed by atoms with E-state index in [2.05, 4.69) is 58.7 Å². The van der Waals surface area contributed by atoms with Crippen LogP contribution in [0.1, 0.15) is 17.2 Å². The van der Waals surface area contributed by atoms with Crippen molar-refractivity contribution in [2.24, 2.45) is 0 Å². The Kier molecular flexibility index (Phi) is 5.86. The molecular weight excluding hydrogens is 378 g/mol. The molecule has 1 fully saturated rings. The number of amides is 2. The van der Waals surface area contributed by atoms with Crippen molar-refractivity contribution < 1.29 is 15.0 Å². The summed E-state index contributed by atoms with van der Waals surface area (Å²) in [7, 11) is 0. The van der Waals surface area contributed by atoms with E-state index >= 15 is 0 Å². The monoisotopic (exact) mass is 403 g/mol. The summed E-state index contributed by atoms with van der Waals surface area (Å²) < 4.78 is 0. The average molecular weight is 403 g/mol. The Balaban J connectivity index is 1.45. The summed E-state index contributed by atoms with van der Waals surface area (Å²) in [5, 5.41) is 21.9. The van der Waals surface area contributed by atoms with Gasteiger partial charge in [0.1, 0.15) is 11.5 Å². The predicted octanol–water partition coefficient (Wildman–Crippen LogP) is 4.04. The topological polar surface area (TPSA) is 76.0 Å². The maximum atomic E-state index is 12.6. The van der Waals surface area contributed by atoms with Crippen LogP contribution in [0.4, 0.5) is 10.5 Å². The van der Waals surface area contributed by atoms with Crippen molar-refractivity contribution in [3.05, 3.63) is 90.0 Å². The van der Waals surface area contributed by atoms with E-state index in [-0.39, 0.29) is 23.6 Å². The highest BCUT2D eigenvalue weighted by atomic mass is 16.3. The first-order valence-electron chi connectivity index (χ1n) is 10.0. The summed E-state index contributed by atoms with van der Waals surface area (Å²) in [6, 6.07) is 24.8. The predicted molar refractivity (Wildman–Crippen MR) is 117 cm³/mol. The second-order valence-electron chi connectivity index (χ2n) is 7.42. The number of nitrogens with zero attached hydrogens (tertiary/aromatic N) is 2. The Hall–Kier alpha value is -3.51. The van der Waals surface area contributed by atoms with Gasteiger partial charge in [0.25, 0.3) is 0 Å². The number of phenolic OH excluding ortho intramolecular Hbond substituents is 2. The van der Waals surface area contributed by atoms with Gasteiger partial charge in [-0.2, -0.15) is 0 Å². The molecule has 3 N–H and O–H groups in total. The summed E-state index contributed by atoms with van der Waals surface area (Å²) in [5.41, 5.74) is 2.83. The van der Waals surface area contributed by atoms with Crippen LogP contribution >= 0.6 is 0 Å². The van der Waals surface area contributed by atoms with Crippen LogP contribution in [-0.4, -0.2) is 52.2 Å². The van der Waals surface area contributed by atoms with Crippen LogP contribution in [0.15, 0.2) is 78.9 Å². The molecule has 6 nitrogen and oxygen atoms in total.